The average Bonchev–Trinajstić information content (AvgIpc) is 2.48. The maximum atomic E-state index is 13.8. The second kappa shape index (κ2) is 6.82. The third-order valence-electron chi connectivity index (χ3n) is 2.99. The number of rotatable bonds is 5. The summed E-state index contributed by atoms with van der Waals surface area (Å²) in [6.07, 6.45) is 0.579. The highest BCUT2D eigenvalue weighted by Gasteiger charge is 2.08. The van der Waals surface area contributed by atoms with E-state index in [2.05, 4.69) is 0 Å². The number of halogens is 2. The van der Waals surface area contributed by atoms with Gasteiger partial charge in [-0.15, -0.1) is 0 Å². The summed E-state index contributed by atoms with van der Waals surface area (Å²) in [5.74, 6) is -0.968. The zero-order valence-corrected chi connectivity index (χ0v) is 11.3. The lowest BCUT2D eigenvalue weighted by molar-refractivity contribution is 0.284. The third kappa shape index (κ3) is 3.77. The molecule has 21 heavy (non-hydrogen) atoms. The molecule has 0 unspecified atom stereocenters. The van der Waals surface area contributed by atoms with Gasteiger partial charge in [-0.1, -0.05) is 6.07 Å². The van der Waals surface area contributed by atoms with E-state index in [1.807, 2.05) is 6.07 Å². The molecular formula is C16H14F2N2O. The second-order valence-electron chi connectivity index (χ2n) is 4.51. The molecule has 3 nitrogen and oxygen atoms in total. The number of nitrogens with zero attached hydrogens (tertiary/aromatic N) is 1. The Balaban J connectivity index is 2.11. The summed E-state index contributed by atoms with van der Waals surface area (Å²) < 4.78 is 32.7. The van der Waals surface area contributed by atoms with Crippen LogP contribution in [-0.4, -0.2) is 6.54 Å². The van der Waals surface area contributed by atoms with Crippen LogP contribution < -0.4 is 10.5 Å². The van der Waals surface area contributed by atoms with Crippen molar-refractivity contribution in [2.24, 2.45) is 5.73 Å². The maximum Gasteiger partial charge on any atom is 0.165 e. The molecule has 108 valence electrons. The van der Waals surface area contributed by atoms with Crippen LogP contribution >= 0.6 is 0 Å². The van der Waals surface area contributed by atoms with Crippen molar-refractivity contribution in [3.8, 4) is 11.8 Å². The van der Waals surface area contributed by atoms with Gasteiger partial charge in [0.2, 0.25) is 0 Å². The van der Waals surface area contributed by atoms with E-state index in [4.69, 9.17) is 15.7 Å². The normalized spacial score (nSPS) is 10.2. The Bertz CT molecular complexity index is 680. The van der Waals surface area contributed by atoms with Gasteiger partial charge in [0.15, 0.2) is 11.6 Å². The Hall–Kier alpha value is -2.45. The molecule has 0 saturated carbocycles. The molecule has 0 spiro atoms. The first-order valence-corrected chi connectivity index (χ1v) is 6.44. The molecule has 0 aliphatic heterocycles. The van der Waals surface area contributed by atoms with Gasteiger partial charge < -0.3 is 10.5 Å². The van der Waals surface area contributed by atoms with Gasteiger partial charge in [0.05, 0.1) is 11.6 Å². The smallest absolute Gasteiger partial charge is 0.165 e. The van der Waals surface area contributed by atoms with Crippen molar-refractivity contribution < 1.29 is 13.5 Å². The summed E-state index contributed by atoms with van der Waals surface area (Å²) in [6.45, 7) is 0.292. The van der Waals surface area contributed by atoms with E-state index in [0.717, 1.165) is 5.56 Å². The molecule has 0 radical (unpaired) electrons. The number of nitrogens with two attached hydrogens (primary N) is 1. The van der Waals surface area contributed by atoms with Gasteiger partial charge in [-0.3, -0.25) is 0 Å². The molecule has 0 saturated heterocycles. The van der Waals surface area contributed by atoms with Crippen molar-refractivity contribution in [1.29, 1.82) is 5.26 Å². The van der Waals surface area contributed by atoms with Crippen LogP contribution in [0.3, 0.4) is 0 Å². The van der Waals surface area contributed by atoms with Crippen molar-refractivity contribution >= 4 is 0 Å². The van der Waals surface area contributed by atoms with Crippen molar-refractivity contribution in [1.82, 2.24) is 0 Å². The Kier molecular flexibility index (Phi) is 4.85. The van der Waals surface area contributed by atoms with Gasteiger partial charge in [-0.2, -0.15) is 5.26 Å². The lowest BCUT2D eigenvalue weighted by Crippen LogP contribution is -2.04. The SMILES string of the molecule is N#Cc1ccc(F)c(COc2ccc(CCN)cc2F)c1. The van der Waals surface area contributed by atoms with Gasteiger partial charge in [-0.25, -0.2) is 8.78 Å². The van der Waals surface area contributed by atoms with Crippen molar-refractivity contribution in [3.63, 3.8) is 0 Å². The summed E-state index contributed by atoms with van der Waals surface area (Å²) in [6, 6.07) is 10.4. The van der Waals surface area contributed by atoms with Crippen LogP contribution in [0.15, 0.2) is 36.4 Å². The van der Waals surface area contributed by atoms with E-state index in [1.165, 1.54) is 30.3 Å². The standard InChI is InChI=1S/C16H14F2N2O/c17-14-3-1-12(9-20)7-13(14)10-21-16-4-2-11(5-6-19)8-15(16)18/h1-4,7-8H,5-6,10,19H2. The van der Waals surface area contributed by atoms with Crippen molar-refractivity contribution in [3.05, 3.63) is 64.7 Å². The van der Waals surface area contributed by atoms with E-state index in [9.17, 15) is 8.78 Å². The molecule has 2 aromatic carbocycles. The highest BCUT2D eigenvalue weighted by atomic mass is 19.1. The molecule has 0 fully saturated rings. The molecule has 2 N–H and O–H groups in total. The number of ether oxygens (including phenoxy) is 1. The first kappa shape index (κ1) is 14.9. The quantitative estimate of drug-likeness (QED) is 0.920. The highest BCUT2D eigenvalue weighted by molar-refractivity contribution is 5.34. The van der Waals surface area contributed by atoms with Crippen molar-refractivity contribution in [2.75, 3.05) is 6.54 Å². The predicted molar refractivity (Wildman–Crippen MR) is 74.6 cm³/mol. The molecule has 0 bridgehead atoms. The molecular weight excluding hydrogens is 274 g/mol. The number of benzene rings is 2. The lowest BCUT2D eigenvalue weighted by atomic mass is 10.1. The molecule has 0 aromatic heterocycles. The van der Waals surface area contributed by atoms with Gasteiger partial charge >= 0.3 is 0 Å². The van der Waals surface area contributed by atoms with Crippen LogP contribution in [-0.2, 0) is 13.0 Å². The fraction of sp³-hybridized carbons (Fsp3) is 0.188. The number of hydrogen-bond donors (Lipinski definition) is 1. The number of nitriles is 1. The lowest BCUT2D eigenvalue weighted by Gasteiger charge is -2.09. The minimum absolute atomic E-state index is 0.0394. The van der Waals surface area contributed by atoms with Gasteiger partial charge in [0.25, 0.3) is 0 Å². The second-order valence-corrected chi connectivity index (χ2v) is 4.51. The van der Waals surface area contributed by atoms with E-state index >= 15 is 0 Å². The minimum atomic E-state index is -0.516. The summed E-state index contributed by atoms with van der Waals surface area (Å²) >= 11 is 0. The predicted octanol–water partition coefficient (Wildman–Crippen LogP) is 2.92. The maximum absolute atomic E-state index is 13.8. The average molecular weight is 288 g/mol. The molecule has 0 atom stereocenters. The topological polar surface area (TPSA) is 59.0 Å². The first-order valence-electron chi connectivity index (χ1n) is 6.44. The third-order valence-corrected chi connectivity index (χ3v) is 2.99. The van der Waals surface area contributed by atoms with Crippen LogP contribution in [0.4, 0.5) is 8.78 Å². The van der Waals surface area contributed by atoms with Crippen LogP contribution in [0.5, 0.6) is 5.75 Å². The van der Waals surface area contributed by atoms with Crippen LogP contribution in [0.25, 0.3) is 0 Å². The highest BCUT2D eigenvalue weighted by Crippen LogP contribution is 2.21. The Morgan fingerprint density at radius 3 is 2.57 bits per heavy atom. The molecule has 2 aromatic rings. The molecule has 0 aliphatic carbocycles. The van der Waals surface area contributed by atoms with Gasteiger partial charge in [0, 0.05) is 5.56 Å². The first-order chi connectivity index (χ1) is 10.1. The number of hydrogen-bond acceptors (Lipinski definition) is 3. The summed E-state index contributed by atoms with van der Waals surface area (Å²) in [4.78, 5) is 0. The summed E-state index contributed by atoms with van der Waals surface area (Å²) in [5, 5.41) is 8.78. The molecule has 0 amide bonds. The van der Waals surface area contributed by atoms with Crippen LogP contribution in [0.1, 0.15) is 16.7 Å². The van der Waals surface area contributed by atoms with Gasteiger partial charge in [0.1, 0.15) is 12.4 Å². The largest absolute Gasteiger partial charge is 0.486 e. The zero-order valence-electron chi connectivity index (χ0n) is 11.3. The van der Waals surface area contributed by atoms with Crippen LogP contribution in [0.2, 0.25) is 0 Å². The molecule has 5 heteroatoms. The van der Waals surface area contributed by atoms with E-state index < -0.39 is 11.6 Å². The van der Waals surface area contributed by atoms with E-state index in [-0.39, 0.29) is 17.9 Å². The monoisotopic (exact) mass is 288 g/mol. The summed E-state index contributed by atoms with van der Waals surface area (Å²) in [5.41, 5.74) is 6.72. The molecule has 2 rings (SSSR count). The van der Waals surface area contributed by atoms with Crippen LogP contribution in [0, 0.1) is 23.0 Å². The Morgan fingerprint density at radius 2 is 1.90 bits per heavy atom. The molecule has 0 heterocycles. The molecule has 0 aliphatic rings. The fourth-order valence-corrected chi connectivity index (χ4v) is 1.89. The fourth-order valence-electron chi connectivity index (χ4n) is 1.89. The Morgan fingerprint density at radius 1 is 1.10 bits per heavy atom. The van der Waals surface area contributed by atoms with Gasteiger partial charge in [-0.05, 0) is 48.9 Å². The summed E-state index contributed by atoms with van der Waals surface area (Å²) in [7, 11) is 0. The van der Waals surface area contributed by atoms with E-state index in [1.54, 1.807) is 6.07 Å². The Labute approximate surface area is 121 Å². The minimum Gasteiger partial charge on any atom is -0.486 e. The zero-order chi connectivity index (χ0) is 15.2. The van der Waals surface area contributed by atoms with Crippen molar-refractivity contribution in [2.45, 2.75) is 13.0 Å². The van der Waals surface area contributed by atoms with E-state index in [0.29, 0.717) is 18.5 Å².